The fraction of sp³-hybridized carbons (Fsp3) is 0.429. The number of nitrogens with zero attached hydrogens (tertiary/aromatic N) is 5. The number of aromatic nitrogens is 4. The van der Waals surface area contributed by atoms with E-state index in [0.717, 1.165) is 0 Å². The molecule has 0 saturated carbocycles. The van der Waals surface area contributed by atoms with Gasteiger partial charge in [-0.05, 0) is 20.8 Å². The van der Waals surface area contributed by atoms with Crippen LogP contribution in [0.15, 0.2) is 12.4 Å². The number of aryl methyl sites for hydroxylation is 2. The van der Waals surface area contributed by atoms with Gasteiger partial charge in [0, 0.05) is 12.7 Å². The molecule has 2 aromatic rings. The predicted molar refractivity (Wildman–Crippen MR) is 86.2 cm³/mol. The highest BCUT2D eigenvalue weighted by atomic mass is 16.6. The van der Waals surface area contributed by atoms with Gasteiger partial charge in [0.15, 0.2) is 5.69 Å². The monoisotopic (exact) mass is 350 g/mol. The van der Waals surface area contributed by atoms with E-state index in [-0.39, 0.29) is 22.8 Å². The molecule has 0 spiro atoms. The molecule has 1 unspecified atom stereocenters. The standard InChI is InChI=1S/C14H18N6O5/c1-5-18-6-10(12(17-18)14(22)25-4)15-13(21)9(3)19-7-11(20(23)24)8(2)16-19/h6-7,9H,5H2,1-4H3,(H,15,21). The highest BCUT2D eigenvalue weighted by molar-refractivity contribution is 6.00. The minimum absolute atomic E-state index is 0.0208. The number of hydrogen-bond acceptors (Lipinski definition) is 7. The van der Waals surface area contributed by atoms with Crippen LogP contribution in [-0.2, 0) is 16.1 Å². The zero-order valence-corrected chi connectivity index (χ0v) is 14.2. The van der Waals surface area contributed by atoms with Crippen molar-refractivity contribution in [3.63, 3.8) is 0 Å². The Balaban J connectivity index is 2.24. The number of carbonyl (C=O) groups is 2. The van der Waals surface area contributed by atoms with Crippen molar-refractivity contribution in [2.45, 2.75) is 33.4 Å². The van der Waals surface area contributed by atoms with E-state index < -0.39 is 22.8 Å². The first kappa shape index (κ1) is 18.1. The SMILES string of the molecule is CCn1cc(NC(=O)C(C)n2cc([N+](=O)[O-])c(C)n2)c(C(=O)OC)n1. The molecule has 11 heteroatoms. The van der Waals surface area contributed by atoms with Crippen molar-refractivity contribution >= 4 is 23.3 Å². The van der Waals surface area contributed by atoms with E-state index in [2.05, 4.69) is 20.3 Å². The second-order valence-electron chi connectivity index (χ2n) is 5.24. The van der Waals surface area contributed by atoms with Crippen LogP contribution in [0, 0.1) is 17.0 Å². The number of nitrogens with one attached hydrogen (secondary N) is 1. The van der Waals surface area contributed by atoms with Crippen molar-refractivity contribution in [3.8, 4) is 0 Å². The minimum atomic E-state index is -0.831. The second kappa shape index (κ2) is 7.11. The van der Waals surface area contributed by atoms with Crippen LogP contribution in [0.3, 0.4) is 0 Å². The molecule has 0 aliphatic carbocycles. The molecular weight excluding hydrogens is 332 g/mol. The molecule has 0 bridgehead atoms. The maximum absolute atomic E-state index is 12.4. The number of hydrogen-bond donors (Lipinski definition) is 1. The molecular formula is C14H18N6O5. The molecule has 0 radical (unpaired) electrons. The summed E-state index contributed by atoms with van der Waals surface area (Å²) in [5, 5.41) is 21.5. The first-order chi connectivity index (χ1) is 11.8. The smallest absolute Gasteiger partial charge is 0.360 e. The lowest BCUT2D eigenvalue weighted by Gasteiger charge is -2.11. The van der Waals surface area contributed by atoms with E-state index in [4.69, 9.17) is 0 Å². The van der Waals surface area contributed by atoms with Crippen LogP contribution in [0.1, 0.15) is 36.1 Å². The lowest BCUT2D eigenvalue weighted by Crippen LogP contribution is -2.25. The molecule has 2 rings (SSSR count). The van der Waals surface area contributed by atoms with Gasteiger partial charge in [0.1, 0.15) is 17.9 Å². The molecule has 25 heavy (non-hydrogen) atoms. The summed E-state index contributed by atoms with van der Waals surface area (Å²) in [7, 11) is 1.22. The first-order valence-corrected chi connectivity index (χ1v) is 7.45. The van der Waals surface area contributed by atoms with E-state index >= 15 is 0 Å². The van der Waals surface area contributed by atoms with Crippen molar-refractivity contribution < 1.29 is 19.2 Å². The Kier molecular flexibility index (Phi) is 5.15. The average molecular weight is 350 g/mol. The second-order valence-corrected chi connectivity index (χ2v) is 5.24. The van der Waals surface area contributed by atoms with Crippen molar-refractivity contribution in [3.05, 3.63) is 33.9 Å². The first-order valence-electron chi connectivity index (χ1n) is 7.45. The Bertz CT molecular complexity index is 824. The van der Waals surface area contributed by atoms with Crippen molar-refractivity contribution in [2.24, 2.45) is 0 Å². The molecule has 1 N–H and O–H groups in total. The van der Waals surface area contributed by atoms with Gasteiger partial charge >= 0.3 is 11.7 Å². The zero-order valence-electron chi connectivity index (χ0n) is 14.2. The number of amides is 1. The van der Waals surface area contributed by atoms with Crippen LogP contribution < -0.4 is 5.32 Å². The topological polar surface area (TPSA) is 134 Å². The summed E-state index contributed by atoms with van der Waals surface area (Å²) in [4.78, 5) is 34.5. The van der Waals surface area contributed by atoms with Crippen LogP contribution >= 0.6 is 0 Å². The lowest BCUT2D eigenvalue weighted by molar-refractivity contribution is -0.385. The molecule has 1 amide bonds. The summed E-state index contributed by atoms with van der Waals surface area (Å²) in [6.45, 7) is 5.35. The van der Waals surface area contributed by atoms with Crippen LogP contribution in [0.2, 0.25) is 0 Å². The summed E-state index contributed by atoms with van der Waals surface area (Å²) in [5.74, 6) is -1.18. The van der Waals surface area contributed by atoms with Crippen LogP contribution in [-0.4, -0.2) is 43.5 Å². The summed E-state index contributed by atoms with van der Waals surface area (Å²) >= 11 is 0. The highest BCUT2D eigenvalue weighted by Gasteiger charge is 2.25. The quantitative estimate of drug-likeness (QED) is 0.471. The Labute approximate surface area is 142 Å². The molecule has 0 aliphatic rings. The van der Waals surface area contributed by atoms with Crippen molar-refractivity contribution in [1.82, 2.24) is 19.6 Å². The molecule has 2 heterocycles. The van der Waals surface area contributed by atoms with Crippen LogP contribution in [0.5, 0.6) is 0 Å². The van der Waals surface area contributed by atoms with Crippen molar-refractivity contribution in [1.29, 1.82) is 0 Å². The minimum Gasteiger partial charge on any atom is -0.464 e. The van der Waals surface area contributed by atoms with E-state index in [9.17, 15) is 19.7 Å². The largest absolute Gasteiger partial charge is 0.464 e. The normalized spacial score (nSPS) is 11.8. The van der Waals surface area contributed by atoms with Gasteiger partial charge in [-0.3, -0.25) is 24.3 Å². The molecule has 0 saturated heterocycles. The molecule has 0 fully saturated rings. The number of nitro groups is 1. The van der Waals surface area contributed by atoms with Crippen LogP contribution in [0.4, 0.5) is 11.4 Å². The average Bonchev–Trinajstić information content (AvgIpc) is 3.16. The number of ether oxygens (including phenoxy) is 1. The Morgan fingerprint density at radius 1 is 1.40 bits per heavy atom. The molecule has 2 aromatic heterocycles. The van der Waals surface area contributed by atoms with Crippen molar-refractivity contribution in [2.75, 3.05) is 12.4 Å². The van der Waals surface area contributed by atoms with Gasteiger partial charge in [-0.2, -0.15) is 10.2 Å². The molecule has 11 nitrogen and oxygen atoms in total. The van der Waals surface area contributed by atoms with Gasteiger partial charge in [0.05, 0.1) is 17.7 Å². The predicted octanol–water partition coefficient (Wildman–Crippen LogP) is 1.30. The number of rotatable bonds is 6. The molecule has 1 atom stereocenters. The third-order valence-corrected chi connectivity index (χ3v) is 3.59. The lowest BCUT2D eigenvalue weighted by atomic mass is 10.3. The maximum atomic E-state index is 12.4. The van der Waals surface area contributed by atoms with Gasteiger partial charge in [0.2, 0.25) is 5.91 Å². The fourth-order valence-corrected chi connectivity index (χ4v) is 2.13. The summed E-state index contributed by atoms with van der Waals surface area (Å²) in [6.07, 6.45) is 2.70. The Hall–Kier alpha value is -3.24. The third kappa shape index (κ3) is 3.65. The number of carbonyl (C=O) groups excluding carboxylic acids is 2. The number of anilines is 1. The Morgan fingerprint density at radius 3 is 2.60 bits per heavy atom. The molecule has 0 aliphatic heterocycles. The molecule has 134 valence electrons. The molecule has 0 aromatic carbocycles. The van der Waals surface area contributed by atoms with Gasteiger partial charge in [-0.1, -0.05) is 0 Å². The highest BCUT2D eigenvalue weighted by Crippen LogP contribution is 2.21. The van der Waals surface area contributed by atoms with Gasteiger partial charge < -0.3 is 10.1 Å². The van der Waals surface area contributed by atoms with E-state index in [1.165, 1.54) is 42.7 Å². The van der Waals surface area contributed by atoms with Gasteiger partial charge in [-0.25, -0.2) is 4.79 Å². The fourth-order valence-electron chi connectivity index (χ4n) is 2.13. The number of methoxy groups -OCH3 is 1. The Morgan fingerprint density at radius 2 is 2.08 bits per heavy atom. The summed E-state index contributed by atoms with van der Waals surface area (Å²) in [5.41, 5.74) is 0.212. The summed E-state index contributed by atoms with van der Waals surface area (Å²) < 4.78 is 7.33. The third-order valence-electron chi connectivity index (χ3n) is 3.59. The summed E-state index contributed by atoms with van der Waals surface area (Å²) in [6, 6.07) is -0.831. The maximum Gasteiger partial charge on any atom is 0.360 e. The van der Waals surface area contributed by atoms with E-state index in [1.807, 2.05) is 6.92 Å². The van der Waals surface area contributed by atoms with E-state index in [1.54, 1.807) is 0 Å². The number of esters is 1. The zero-order chi connectivity index (χ0) is 18.7. The van der Waals surface area contributed by atoms with Gasteiger partial charge in [-0.15, -0.1) is 0 Å². The van der Waals surface area contributed by atoms with Crippen LogP contribution in [0.25, 0.3) is 0 Å². The van der Waals surface area contributed by atoms with Gasteiger partial charge in [0.25, 0.3) is 0 Å². The van der Waals surface area contributed by atoms with E-state index in [0.29, 0.717) is 6.54 Å².